The molecule has 0 bridgehead atoms. The third-order valence-corrected chi connectivity index (χ3v) is 6.52. The Hall–Kier alpha value is -3.29. The first-order chi connectivity index (χ1) is 15.9. The topological polar surface area (TPSA) is 87.0 Å². The first kappa shape index (κ1) is 26.0. The van der Waals surface area contributed by atoms with E-state index in [-0.39, 0.29) is 10.5 Å². The molecule has 0 saturated carbocycles. The van der Waals surface area contributed by atoms with E-state index in [1.54, 1.807) is 0 Å². The molecule has 0 fully saturated rings. The fourth-order valence-electron chi connectivity index (χ4n) is 2.97. The predicted octanol–water partition coefficient (Wildman–Crippen LogP) is 5.63. The van der Waals surface area contributed by atoms with Gasteiger partial charge >= 0.3 is 5.97 Å². The van der Waals surface area contributed by atoms with Crippen molar-refractivity contribution in [1.29, 1.82) is 0 Å². The van der Waals surface area contributed by atoms with E-state index in [0.29, 0.717) is 13.1 Å². The van der Waals surface area contributed by atoms with Gasteiger partial charge in [0.15, 0.2) is 0 Å². The van der Waals surface area contributed by atoms with Gasteiger partial charge in [-0.1, -0.05) is 62.4 Å². The third-order valence-electron chi connectivity index (χ3n) is 4.60. The lowest BCUT2D eigenvalue weighted by Gasteiger charge is -2.20. The maximum absolute atomic E-state index is 12.4. The molecule has 1 N–H and O–H groups in total. The van der Waals surface area contributed by atoms with E-state index in [1.165, 1.54) is 28.6 Å². The number of hydrogen-bond donors (Lipinski definition) is 1. The summed E-state index contributed by atoms with van der Waals surface area (Å²) < 4.78 is 26.2. The Bertz CT molecular complexity index is 1070. The molecule has 6 nitrogen and oxygen atoms in total. The number of sulfonamides is 1. The van der Waals surface area contributed by atoms with Crippen LogP contribution >= 0.6 is 0 Å². The molecule has 3 aromatic rings. The molecule has 0 aliphatic carbocycles. The molecule has 0 heterocycles. The Morgan fingerprint density at radius 1 is 0.848 bits per heavy atom. The van der Waals surface area contributed by atoms with E-state index in [2.05, 4.69) is 4.99 Å². The van der Waals surface area contributed by atoms with Crippen LogP contribution in [0.3, 0.4) is 0 Å². The van der Waals surface area contributed by atoms with Gasteiger partial charge in [-0.05, 0) is 54.8 Å². The molecule has 0 aliphatic rings. The van der Waals surface area contributed by atoms with Crippen molar-refractivity contribution < 1.29 is 18.3 Å². The van der Waals surface area contributed by atoms with Crippen LogP contribution < -0.4 is 0 Å². The minimum atomic E-state index is -3.53. The Morgan fingerprint density at radius 2 is 1.36 bits per heavy atom. The van der Waals surface area contributed by atoms with Gasteiger partial charge in [0.1, 0.15) is 0 Å². The average Bonchev–Trinajstić information content (AvgIpc) is 2.84. The van der Waals surface area contributed by atoms with Gasteiger partial charge in [0, 0.05) is 19.3 Å². The number of carboxylic acid groups (broad SMARTS) is 1. The monoisotopic (exact) mass is 466 g/mol. The minimum absolute atomic E-state index is 0.0801. The third kappa shape index (κ3) is 8.29. The van der Waals surface area contributed by atoms with Crippen LogP contribution in [-0.4, -0.2) is 43.1 Å². The second-order valence-electron chi connectivity index (χ2n) is 7.24. The zero-order valence-corrected chi connectivity index (χ0v) is 19.8. The quantitative estimate of drug-likeness (QED) is 0.414. The Morgan fingerprint density at radius 3 is 1.85 bits per heavy atom. The van der Waals surface area contributed by atoms with Gasteiger partial charge in [-0.25, -0.2) is 13.2 Å². The summed E-state index contributed by atoms with van der Waals surface area (Å²) in [4.78, 5) is 15.2. The van der Waals surface area contributed by atoms with Crippen LogP contribution in [0.5, 0.6) is 0 Å². The van der Waals surface area contributed by atoms with Gasteiger partial charge in [-0.3, -0.25) is 4.99 Å². The molecule has 3 aromatic carbocycles. The smallest absolute Gasteiger partial charge is 0.335 e. The second kappa shape index (κ2) is 13.3. The Labute approximate surface area is 196 Å². The number of aliphatic imine (C=N–C) groups is 1. The molecule has 0 amide bonds. The highest BCUT2D eigenvalue weighted by Crippen LogP contribution is 2.17. The van der Waals surface area contributed by atoms with E-state index in [1.807, 2.05) is 80.7 Å². The van der Waals surface area contributed by atoms with Crippen molar-refractivity contribution in [2.24, 2.45) is 4.99 Å². The second-order valence-corrected chi connectivity index (χ2v) is 9.18. The van der Waals surface area contributed by atoms with Crippen molar-refractivity contribution in [1.82, 2.24) is 4.31 Å². The fraction of sp³-hybridized carbons (Fsp3) is 0.231. The number of rotatable bonds is 9. The molecular formula is C26H30N2O4S. The molecule has 0 aliphatic heterocycles. The number of aromatic carboxylic acids is 1. The normalized spacial score (nSPS) is 11.2. The lowest BCUT2D eigenvalue weighted by molar-refractivity contribution is 0.0696. The fourth-order valence-corrected chi connectivity index (χ4v) is 4.60. The summed E-state index contributed by atoms with van der Waals surface area (Å²) in [6, 6.07) is 25.3. The van der Waals surface area contributed by atoms with Gasteiger partial charge in [0.05, 0.1) is 16.1 Å². The van der Waals surface area contributed by atoms with Gasteiger partial charge in [0.2, 0.25) is 10.0 Å². The number of para-hydroxylation sites is 1. The molecular weight excluding hydrogens is 436 g/mol. The van der Waals surface area contributed by atoms with Crippen LogP contribution in [0.15, 0.2) is 94.8 Å². The lowest BCUT2D eigenvalue weighted by Crippen LogP contribution is -2.32. The lowest BCUT2D eigenvalue weighted by atomic mass is 10.2. The van der Waals surface area contributed by atoms with Crippen molar-refractivity contribution in [2.75, 3.05) is 13.1 Å². The summed E-state index contributed by atoms with van der Waals surface area (Å²) in [6.45, 7) is 4.78. The molecule has 7 heteroatoms. The predicted molar refractivity (Wildman–Crippen MR) is 133 cm³/mol. The van der Waals surface area contributed by atoms with Crippen molar-refractivity contribution in [2.45, 2.75) is 31.6 Å². The molecule has 3 rings (SSSR count). The standard InChI is InChI=1S/C13H19NO4S.C13H11N/c1-3-9-14(10-4-2)19(17,18)12-7-5-11(6-8-12)13(15)16;1-3-7-12(8-4-1)11-14-13-9-5-2-6-10-13/h5-8H,3-4,9-10H2,1-2H3,(H,15,16);1-11H/b;14-11+. The molecule has 0 saturated heterocycles. The molecule has 174 valence electrons. The molecule has 0 spiro atoms. The average molecular weight is 467 g/mol. The highest BCUT2D eigenvalue weighted by molar-refractivity contribution is 7.89. The Balaban J connectivity index is 0.000000243. The van der Waals surface area contributed by atoms with E-state index in [4.69, 9.17) is 5.11 Å². The van der Waals surface area contributed by atoms with Crippen molar-refractivity contribution in [3.8, 4) is 0 Å². The summed E-state index contributed by atoms with van der Waals surface area (Å²) in [5, 5.41) is 8.80. The van der Waals surface area contributed by atoms with Crippen LogP contribution in [0.2, 0.25) is 0 Å². The molecule has 0 aromatic heterocycles. The van der Waals surface area contributed by atoms with E-state index in [0.717, 1.165) is 24.1 Å². The zero-order valence-electron chi connectivity index (χ0n) is 19.0. The van der Waals surface area contributed by atoms with E-state index in [9.17, 15) is 13.2 Å². The van der Waals surface area contributed by atoms with Crippen LogP contribution in [0, 0.1) is 0 Å². The van der Waals surface area contributed by atoms with Crippen LogP contribution in [0.1, 0.15) is 42.6 Å². The molecule has 0 atom stereocenters. The molecule has 0 radical (unpaired) electrons. The van der Waals surface area contributed by atoms with Crippen molar-refractivity contribution in [3.05, 3.63) is 96.1 Å². The van der Waals surface area contributed by atoms with Gasteiger partial charge < -0.3 is 5.11 Å². The van der Waals surface area contributed by atoms with Gasteiger partial charge in [-0.15, -0.1) is 0 Å². The van der Waals surface area contributed by atoms with Crippen LogP contribution in [0.25, 0.3) is 0 Å². The number of carbonyl (C=O) groups is 1. The number of nitrogens with zero attached hydrogens (tertiary/aromatic N) is 2. The number of carboxylic acids is 1. The van der Waals surface area contributed by atoms with E-state index >= 15 is 0 Å². The highest BCUT2D eigenvalue weighted by atomic mass is 32.2. The van der Waals surface area contributed by atoms with Gasteiger partial charge in [0.25, 0.3) is 0 Å². The molecule has 0 unspecified atom stereocenters. The summed E-state index contributed by atoms with van der Waals surface area (Å²) in [5.41, 5.74) is 2.18. The highest BCUT2D eigenvalue weighted by Gasteiger charge is 2.23. The number of hydrogen-bond acceptors (Lipinski definition) is 4. The van der Waals surface area contributed by atoms with Crippen LogP contribution in [-0.2, 0) is 10.0 Å². The molecule has 33 heavy (non-hydrogen) atoms. The zero-order chi connectivity index (χ0) is 24.1. The van der Waals surface area contributed by atoms with Crippen LogP contribution in [0.4, 0.5) is 5.69 Å². The summed E-state index contributed by atoms with van der Waals surface area (Å²) in [5.74, 6) is -1.07. The minimum Gasteiger partial charge on any atom is -0.478 e. The summed E-state index contributed by atoms with van der Waals surface area (Å²) >= 11 is 0. The first-order valence-electron chi connectivity index (χ1n) is 10.9. The maximum atomic E-state index is 12.4. The van der Waals surface area contributed by atoms with Gasteiger partial charge in [-0.2, -0.15) is 4.31 Å². The van der Waals surface area contributed by atoms with Crippen molar-refractivity contribution >= 4 is 27.9 Å². The first-order valence-corrected chi connectivity index (χ1v) is 12.3. The van der Waals surface area contributed by atoms with E-state index < -0.39 is 16.0 Å². The maximum Gasteiger partial charge on any atom is 0.335 e. The summed E-state index contributed by atoms with van der Waals surface area (Å²) in [7, 11) is -3.53. The SMILES string of the molecule is C(=N\c1ccccc1)/c1ccccc1.CCCN(CCC)S(=O)(=O)c1ccc(C(=O)O)cc1. The number of benzene rings is 3. The van der Waals surface area contributed by atoms with Crippen molar-refractivity contribution in [3.63, 3.8) is 0 Å². The summed E-state index contributed by atoms with van der Waals surface area (Å²) in [6.07, 6.45) is 3.36. The Kier molecular flexibility index (Phi) is 10.5. The largest absolute Gasteiger partial charge is 0.478 e.